The fourth-order valence-corrected chi connectivity index (χ4v) is 1.63. The Balaban J connectivity index is 2.62. The van der Waals surface area contributed by atoms with E-state index in [1.807, 2.05) is 6.07 Å². The molecule has 0 aromatic heterocycles. The third-order valence-electron chi connectivity index (χ3n) is 2.92. The maximum Gasteiger partial charge on any atom is 0.112 e. The Morgan fingerprint density at radius 2 is 1.45 bits per heavy atom. The molecule has 0 amide bonds. The van der Waals surface area contributed by atoms with Gasteiger partial charge in [-0.25, -0.2) is 0 Å². The molecule has 0 saturated heterocycles. The van der Waals surface area contributed by atoms with E-state index in [4.69, 9.17) is 10.2 Å². The summed E-state index contributed by atoms with van der Waals surface area (Å²) < 4.78 is 0. The molecule has 0 radical (unpaired) electrons. The molecule has 1 aromatic rings. The van der Waals surface area contributed by atoms with Crippen molar-refractivity contribution in [3.05, 3.63) is 42.0 Å². The summed E-state index contributed by atoms with van der Waals surface area (Å²) in [5, 5.41) is 56.2. The third-order valence-corrected chi connectivity index (χ3v) is 2.92. The molecule has 112 valence electrons. The van der Waals surface area contributed by atoms with Gasteiger partial charge in [-0.2, -0.15) is 0 Å². The summed E-state index contributed by atoms with van der Waals surface area (Å²) in [7, 11) is 0. The minimum atomic E-state index is -1.78. The fraction of sp³-hybridized carbons (Fsp3) is 0.429. The Labute approximate surface area is 116 Å². The Kier molecular flexibility index (Phi) is 6.80. The molecule has 5 atom stereocenters. The number of hydrogen-bond donors (Lipinski definition) is 6. The highest BCUT2D eigenvalue weighted by Gasteiger charge is 2.33. The second-order valence-corrected chi connectivity index (χ2v) is 4.48. The zero-order valence-electron chi connectivity index (χ0n) is 10.8. The number of rotatable bonds is 7. The number of aliphatic hydroxyl groups is 6. The lowest BCUT2D eigenvalue weighted by molar-refractivity contribution is -0.133. The summed E-state index contributed by atoms with van der Waals surface area (Å²) in [5.41, 5.74) is 0.796. The van der Waals surface area contributed by atoms with E-state index in [0.717, 1.165) is 5.56 Å². The molecule has 0 aliphatic heterocycles. The van der Waals surface area contributed by atoms with E-state index in [1.165, 1.54) is 6.08 Å². The van der Waals surface area contributed by atoms with Gasteiger partial charge in [-0.15, -0.1) is 0 Å². The van der Waals surface area contributed by atoms with Crippen LogP contribution in [0.5, 0.6) is 0 Å². The SMILES string of the molecule is OC[C@@H](O)[C@@H](O)[C@H](O)[C@@H](O)C(O)C=Cc1ccccc1. The molecule has 6 N–H and O–H groups in total. The van der Waals surface area contributed by atoms with Crippen LogP contribution in [0.4, 0.5) is 0 Å². The molecule has 1 aromatic carbocycles. The summed E-state index contributed by atoms with van der Waals surface area (Å²) in [6.45, 7) is -0.763. The van der Waals surface area contributed by atoms with Crippen molar-refractivity contribution < 1.29 is 30.6 Å². The Bertz CT molecular complexity index is 407. The van der Waals surface area contributed by atoms with Crippen LogP contribution in [0, 0.1) is 0 Å². The van der Waals surface area contributed by atoms with E-state index < -0.39 is 37.1 Å². The first kappa shape index (κ1) is 16.8. The predicted molar refractivity (Wildman–Crippen MR) is 72.6 cm³/mol. The molecule has 0 heterocycles. The van der Waals surface area contributed by atoms with Gasteiger partial charge >= 0.3 is 0 Å². The van der Waals surface area contributed by atoms with Gasteiger partial charge in [0.05, 0.1) is 6.61 Å². The van der Waals surface area contributed by atoms with Crippen LogP contribution in [0.15, 0.2) is 36.4 Å². The van der Waals surface area contributed by atoms with Gasteiger partial charge in [-0.05, 0) is 5.56 Å². The Hall–Kier alpha value is -1.28. The third kappa shape index (κ3) is 4.68. The molecule has 0 aliphatic carbocycles. The molecule has 1 rings (SSSR count). The van der Waals surface area contributed by atoms with Crippen LogP contribution in [0.25, 0.3) is 6.08 Å². The van der Waals surface area contributed by atoms with Crippen molar-refractivity contribution in [2.24, 2.45) is 0 Å². The molecule has 0 aliphatic rings. The van der Waals surface area contributed by atoms with Crippen LogP contribution in [0.2, 0.25) is 0 Å². The first-order valence-electron chi connectivity index (χ1n) is 6.21. The average molecular weight is 284 g/mol. The van der Waals surface area contributed by atoms with E-state index >= 15 is 0 Å². The maximum atomic E-state index is 9.70. The molecular weight excluding hydrogens is 264 g/mol. The van der Waals surface area contributed by atoms with Crippen LogP contribution >= 0.6 is 0 Å². The second kappa shape index (κ2) is 8.11. The van der Waals surface area contributed by atoms with Gasteiger partial charge < -0.3 is 30.6 Å². The lowest BCUT2D eigenvalue weighted by atomic mass is 9.99. The molecular formula is C14H20O6. The van der Waals surface area contributed by atoms with E-state index in [1.54, 1.807) is 30.3 Å². The first-order chi connectivity index (χ1) is 9.47. The smallest absolute Gasteiger partial charge is 0.112 e. The maximum absolute atomic E-state index is 9.70. The molecule has 0 saturated carbocycles. The quantitative estimate of drug-likeness (QED) is 0.362. The van der Waals surface area contributed by atoms with Crippen LogP contribution in [-0.2, 0) is 0 Å². The molecule has 1 unspecified atom stereocenters. The lowest BCUT2D eigenvalue weighted by Crippen LogP contribution is -2.49. The van der Waals surface area contributed by atoms with E-state index in [9.17, 15) is 20.4 Å². The lowest BCUT2D eigenvalue weighted by Gasteiger charge is -2.27. The van der Waals surface area contributed by atoms with Crippen LogP contribution in [0.3, 0.4) is 0 Å². The number of benzene rings is 1. The zero-order valence-corrected chi connectivity index (χ0v) is 10.8. The van der Waals surface area contributed by atoms with Gasteiger partial charge in [0.15, 0.2) is 0 Å². The van der Waals surface area contributed by atoms with Crippen molar-refractivity contribution in [2.45, 2.75) is 30.5 Å². The Morgan fingerprint density at radius 3 is 2.00 bits per heavy atom. The van der Waals surface area contributed by atoms with Crippen LogP contribution < -0.4 is 0 Å². The summed E-state index contributed by atoms with van der Waals surface area (Å²) in [6, 6.07) is 9.02. The molecule has 0 spiro atoms. The summed E-state index contributed by atoms with van der Waals surface area (Å²) >= 11 is 0. The van der Waals surface area contributed by atoms with Crippen molar-refractivity contribution in [1.29, 1.82) is 0 Å². The highest BCUT2D eigenvalue weighted by Crippen LogP contribution is 2.11. The van der Waals surface area contributed by atoms with Crippen molar-refractivity contribution in [3.63, 3.8) is 0 Å². The molecule has 20 heavy (non-hydrogen) atoms. The monoisotopic (exact) mass is 284 g/mol. The normalized spacial score (nSPS) is 19.5. The zero-order chi connectivity index (χ0) is 15.1. The van der Waals surface area contributed by atoms with Crippen molar-refractivity contribution in [2.75, 3.05) is 6.61 Å². The van der Waals surface area contributed by atoms with Crippen molar-refractivity contribution in [3.8, 4) is 0 Å². The van der Waals surface area contributed by atoms with E-state index in [0.29, 0.717) is 0 Å². The molecule has 6 nitrogen and oxygen atoms in total. The van der Waals surface area contributed by atoms with Gasteiger partial charge in [0, 0.05) is 0 Å². The molecule has 6 heteroatoms. The van der Waals surface area contributed by atoms with Crippen LogP contribution in [0.1, 0.15) is 5.56 Å². The van der Waals surface area contributed by atoms with E-state index in [2.05, 4.69) is 0 Å². The largest absolute Gasteiger partial charge is 0.394 e. The van der Waals surface area contributed by atoms with Crippen molar-refractivity contribution >= 4 is 6.08 Å². The van der Waals surface area contributed by atoms with Crippen LogP contribution in [-0.4, -0.2) is 67.8 Å². The van der Waals surface area contributed by atoms with Gasteiger partial charge in [0.2, 0.25) is 0 Å². The minimum Gasteiger partial charge on any atom is -0.394 e. The topological polar surface area (TPSA) is 121 Å². The van der Waals surface area contributed by atoms with Gasteiger partial charge in [0.1, 0.15) is 30.5 Å². The van der Waals surface area contributed by atoms with Gasteiger partial charge in [-0.3, -0.25) is 0 Å². The summed E-state index contributed by atoms with van der Waals surface area (Å²) in [5.74, 6) is 0. The van der Waals surface area contributed by atoms with Gasteiger partial charge in [-0.1, -0.05) is 42.5 Å². The Morgan fingerprint density at radius 1 is 0.850 bits per heavy atom. The average Bonchev–Trinajstić information content (AvgIpc) is 2.50. The number of aliphatic hydroxyl groups excluding tert-OH is 6. The molecule has 0 bridgehead atoms. The van der Waals surface area contributed by atoms with Gasteiger partial charge in [0.25, 0.3) is 0 Å². The fourth-order valence-electron chi connectivity index (χ4n) is 1.63. The number of hydrogen-bond acceptors (Lipinski definition) is 6. The molecule has 0 fully saturated rings. The second-order valence-electron chi connectivity index (χ2n) is 4.48. The van der Waals surface area contributed by atoms with E-state index in [-0.39, 0.29) is 0 Å². The van der Waals surface area contributed by atoms with Crippen molar-refractivity contribution in [1.82, 2.24) is 0 Å². The minimum absolute atomic E-state index is 0.763. The summed E-state index contributed by atoms with van der Waals surface area (Å²) in [4.78, 5) is 0. The standard InChI is InChI=1S/C14H20O6/c15-8-11(17)13(19)14(20)12(18)10(16)7-6-9-4-2-1-3-5-9/h1-7,10-20H,8H2/t10?,11-,12+,13-,14-/m1/s1. The predicted octanol–water partition coefficient (Wildman–Crippen LogP) is -1.50. The highest BCUT2D eigenvalue weighted by atomic mass is 16.4. The first-order valence-corrected chi connectivity index (χ1v) is 6.21. The summed E-state index contributed by atoms with van der Waals surface area (Å²) in [6.07, 6.45) is -5.43. The highest BCUT2D eigenvalue weighted by molar-refractivity contribution is 5.49.